The number of hydrogen-bond donors (Lipinski definition) is 2. The molecule has 1 aliphatic rings. The van der Waals surface area contributed by atoms with E-state index in [2.05, 4.69) is 0 Å². The molecule has 0 radical (unpaired) electrons. The van der Waals surface area contributed by atoms with Gasteiger partial charge < -0.3 is 16.2 Å². The molecule has 1 aliphatic heterocycles. The van der Waals surface area contributed by atoms with Gasteiger partial charge in [-0.25, -0.2) is 0 Å². The Balaban J connectivity index is 1.95. The normalized spacial score (nSPS) is 23.6. The number of ether oxygens (including phenoxy) is 1. The summed E-state index contributed by atoms with van der Waals surface area (Å²) in [7, 11) is 0. The van der Waals surface area contributed by atoms with Gasteiger partial charge in [-0.15, -0.1) is 0 Å². The zero-order chi connectivity index (χ0) is 10.4. The predicted molar refractivity (Wildman–Crippen MR) is 58.1 cm³/mol. The molecule has 4 nitrogen and oxygen atoms in total. The average Bonchev–Trinajstić information content (AvgIpc) is 2.64. The highest BCUT2D eigenvalue weighted by Crippen LogP contribution is 2.17. The van der Waals surface area contributed by atoms with Crippen LogP contribution >= 0.6 is 11.8 Å². The Morgan fingerprint density at radius 2 is 2.43 bits per heavy atom. The minimum atomic E-state index is -0.494. The fourth-order valence-corrected chi connectivity index (χ4v) is 2.46. The topological polar surface area (TPSA) is 78.3 Å². The van der Waals surface area contributed by atoms with Gasteiger partial charge in [0.25, 0.3) is 0 Å². The minimum absolute atomic E-state index is 0.407. The zero-order valence-electron chi connectivity index (χ0n) is 8.28. The average molecular weight is 218 g/mol. The van der Waals surface area contributed by atoms with Crippen molar-refractivity contribution in [2.45, 2.75) is 31.4 Å². The molecule has 1 rings (SSSR count). The van der Waals surface area contributed by atoms with Gasteiger partial charge in [0.15, 0.2) is 0 Å². The monoisotopic (exact) mass is 218 g/mol. The SMILES string of the molecule is NC(=O)C(N)CCSCC1CCCO1. The molecule has 0 spiro atoms. The van der Waals surface area contributed by atoms with Crippen LogP contribution in [0.5, 0.6) is 0 Å². The summed E-state index contributed by atoms with van der Waals surface area (Å²) in [6.45, 7) is 0.895. The van der Waals surface area contributed by atoms with Crippen molar-refractivity contribution < 1.29 is 9.53 Å². The smallest absolute Gasteiger partial charge is 0.234 e. The molecule has 2 atom stereocenters. The van der Waals surface area contributed by atoms with Gasteiger partial charge in [0.2, 0.25) is 5.91 Å². The maximum absolute atomic E-state index is 10.6. The van der Waals surface area contributed by atoms with Gasteiger partial charge in [0.1, 0.15) is 0 Å². The Labute approximate surface area is 88.7 Å². The lowest BCUT2D eigenvalue weighted by molar-refractivity contribution is -0.119. The summed E-state index contributed by atoms with van der Waals surface area (Å²) < 4.78 is 5.46. The number of rotatable bonds is 6. The fourth-order valence-electron chi connectivity index (χ4n) is 1.34. The Morgan fingerprint density at radius 3 is 3.00 bits per heavy atom. The van der Waals surface area contributed by atoms with Crippen LogP contribution < -0.4 is 11.5 Å². The summed E-state index contributed by atoms with van der Waals surface area (Å²) in [5.74, 6) is 1.47. The van der Waals surface area contributed by atoms with E-state index in [1.54, 1.807) is 11.8 Å². The van der Waals surface area contributed by atoms with Crippen molar-refractivity contribution >= 4 is 17.7 Å². The number of primary amides is 1. The van der Waals surface area contributed by atoms with Crippen LogP contribution in [0.3, 0.4) is 0 Å². The van der Waals surface area contributed by atoms with Gasteiger partial charge in [0.05, 0.1) is 12.1 Å². The van der Waals surface area contributed by atoms with Gasteiger partial charge in [0, 0.05) is 12.4 Å². The molecule has 1 amide bonds. The van der Waals surface area contributed by atoms with E-state index < -0.39 is 11.9 Å². The number of thioether (sulfide) groups is 1. The van der Waals surface area contributed by atoms with Gasteiger partial charge in [-0.3, -0.25) is 4.79 Å². The summed E-state index contributed by atoms with van der Waals surface area (Å²) in [5.41, 5.74) is 10.5. The van der Waals surface area contributed by atoms with Crippen LogP contribution in [-0.4, -0.2) is 36.2 Å². The summed E-state index contributed by atoms with van der Waals surface area (Å²) in [6, 6.07) is -0.494. The number of amides is 1. The summed E-state index contributed by atoms with van der Waals surface area (Å²) in [4.78, 5) is 10.6. The van der Waals surface area contributed by atoms with Gasteiger partial charge >= 0.3 is 0 Å². The van der Waals surface area contributed by atoms with Crippen molar-refractivity contribution in [3.63, 3.8) is 0 Å². The van der Waals surface area contributed by atoms with E-state index in [9.17, 15) is 4.79 Å². The molecular formula is C9H18N2O2S. The molecule has 0 aromatic rings. The highest BCUT2D eigenvalue weighted by molar-refractivity contribution is 7.99. The number of nitrogens with two attached hydrogens (primary N) is 2. The highest BCUT2D eigenvalue weighted by atomic mass is 32.2. The molecule has 1 heterocycles. The van der Waals surface area contributed by atoms with Gasteiger partial charge in [-0.1, -0.05) is 0 Å². The number of carbonyl (C=O) groups excluding carboxylic acids is 1. The maximum Gasteiger partial charge on any atom is 0.234 e. The Morgan fingerprint density at radius 1 is 1.64 bits per heavy atom. The fraction of sp³-hybridized carbons (Fsp3) is 0.889. The van der Waals surface area contributed by atoms with Crippen molar-refractivity contribution in [2.24, 2.45) is 11.5 Å². The Hall–Kier alpha value is -0.260. The molecule has 5 heteroatoms. The second-order valence-electron chi connectivity index (χ2n) is 3.51. The lowest BCUT2D eigenvalue weighted by Gasteiger charge is -2.10. The lowest BCUT2D eigenvalue weighted by Crippen LogP contribution is -2.36. The molecule has 0 aromatic heterocycles. The van der Waals surface area contributed by atoms with Gasteiger partial charge in [-0.2, -0.15) is 11.8 Å². The van der Waals surface area contributed by atoms with Crippen molar-refractivity contribution in [1.29, 1.82) is 0 Å². The molecule has 14 heavy (non-hydrogen) atoms. The zero-order valence-corrected chi connectivity index (χ0v) is 9.09. The molecule has 1 saturated heterocycles. The predicted octanol–water partition coefficient (Wildman–Crippen LogP) is 0.101. The van der Waals surface area contributed by atoms with E-state index in [-0.39, 0.29) is 0 Å². The number of carbonyl (C=O) groups is 1. The van der Waals surface area contributed by atoms with Gasteiger partial charge in [-0.05, 0) is 25.0 Å². The van der Waals surface area contributed by atoms with Crippen LogP contribution in [0.25, 0.3) is 0 Å². The standard InChI is InChI=1S/C9H18N2O2S/c10-8(9(11)12)3-5-14-6-7-2-1-4-13-7/h7-8H,1-6,10H2,(H2,11,12). The van der Waals surface area contributed by atoms with Crippen LogP contribution in [-0.2, 0) is 9.53 Å². The van der Waals surface area contributed by atoms with Crippen LogP contribution in [0.1, 0.15) is 19.3 Å². The van der Waals surface area contributed by atoms with E-state index in [0.717, 1.165) is 24.5 Å². The first kappa shape index (κ1) is 11.8. The van der Waals surface area contributed by atoms with Crippen LogP contribution in [0.2, 0.25) is 0 Å². The van der Waals surface area contributed by atoms with Crippen molar-refractivity contribution in [3.8, 4) is 0 Å². The minimum Gasteiger partial charge on any atom is -0.377 e. The first-order chi connectivity index (χ1) is 6.70. The van der Waals surface area contributed by atoms with Crippen molar-refractivity contribution in [2.75, 3.05) is 18.1 Å². The van der Waals surface area contributed by atoms with Crippen LogP contribution in [0.15, 0.2) is 0 Å². The maximum atomic E-state index is 10.6. The van der Waals surface area contributed by atoms with E-state index in [1.165, 1.54) is 6.42 Å². The van der Waals surface area contributed by atoms with E-state index in [1.807, 2.05) is 0 Å². The summed E-state index contributed by atoms with van der Waals surface area (Å²) in [6.07, 6.45) is 3.40. The third kappa shape index (κ3) is 4.30. The second-order valence-corrected chi connectivity index (χ2v) is 4.66. The van der Waals surface area contributed by atoms with E-state index >= 15 is 0 Å². The Bertz CT molecular complexity index is 184. The first-order valence-corrected chi connectivity index (χ1v) is 6.10. The second kappa shape index (κ2) is 6.27. The molecule has 82 valence electrons. The largest absolute Gasteiger partial charge is 0.377 e. The van der Waals surface area contributed by atoms with E-state index in [4.69, 9.17) is 16.2 Å². The third-order valence-corrected chi connectivity index (χ3v) is 3.40. The lowest BCUT2D eigenvalue weighted by atomic mass is 10.2. The van der Waals surface area contributed by atoms with Crippen molar-refractivity contribution in [1.82, 2.24) is 0 Å². The third-order valence-electron chi connectivity index (χ3n) is 2.27. The molecule has 0 aliphatic carbocycles. The van der Waals surface area contributed by atoms with Crippen LogP contribution in [0.4, 0.5) is 0 Å². The molecule has 1 fully saturated rings. The van der Waals surface area contributed by atoms with E-state index in [0.29, 0.717) is 12.5 Å². The molecule has 2 unspecified atom stereocenters. The first-order valence-electron chi connectivity index (χ1n) is 4.94. The molecule has 4 N–H and O–H groups in total. The quantitative estimate of drug-likeness (QED) is 0.620. The summed E-state index contributed by atoms with van der Waals surface area (Å²) in [5, 5.41) is 0. The Kier molecular flexibility index (Phi) is 5.29. The van der Waals surface area contributed by atoms with Crippen molar-refractivity contribution in [3.05, 3.63) is 0 Å². The molecule has 0 saturated carbocycles. The van der Waals surface area contributed by atoms with Crippen LogP contribution in [0, 0.1) is 0 Å². The highest BCUT2D eigenvalue weighted by Gasteiger charge is 2.15. The molecular weight excluding hydrogens is 200 g/mol. The molecule has 0 aromatic carbocycles. The number of hydrogen-bond acceptors (Lipinski definition) is 4. The summed E-state index contributed by atoms with van der Waals surface area (Å²) >= 11 is 1.78. The molecule has 0 bridgehead atoms.